The van der Waals surface area contributed by atoms with E-state index in [9.17, 15) is 5.11 Å². The van der Waals surface area contributed by atoms with Crippen LogP contribution in [0.5, 0.6) is 0 Å². The van der Waals surface area contributed by atoms with Crippen LogP contribution in [0.25, 0.3) is 0 Å². The molecular weight excluding hydrogens is 283 g/mol. The Morgan fingerprint density at radius 3 is 2.63 bits per heavy atom. The van der Waals surface area contributed by atoms with Crippen molar-refractivity contribution in [2.45, 2.75) is 26.4 Å². The number of benzene rings is 1. The summed E-state index contributed by atoms with van der Waals surface area (Å²) in [6.45, 7) is 3.55. The van der Waals surface area contributed by atoms with Gasteiger partial charge < -0.3 is 5.11 Å². The Hall–Kier alpha value is -1.16. The highest BCUT2D eigenvalue weighted by Crippen LogP contribution is 2.23. The number of aliphatic hydroxyl groups is 1. The molecule has 2 rings (SSSR count). The minimum atomic E-state index is -0.562. The number of aliphatic hydroxyl groups excluding tert-OH is 1. The molecule has 2 aromatic rings. The average Bonchev–Trinajstić information content (AvgIpc) is 2.32. The topological polar surface area (TPSA) is 46.0 Å². The third-order valence-electron chi connectivity index (χ3n) is 2.88. The summed E-state index contributed by atoms with van der Waals surface area (Å²) >= 11 is 12.0. The number of hydrogen-bond donors (Lipinski definition) is 1. The van der Waals surface area contributed by atoms with Crippen LogP contribution in [-0.4, -0.2) is 15.1 Å². The predicted octanol–water partition coefficient (Wildman–Crippen LogP) is 3.74. The van der Waals surface area contributed by atoms with Crippen LogP contribution in [0.1, 0.15) is 35.7 Å². The number of rotatable bonds is 3. The molecule has 1 heterocycles. The maximum atomic E-state index is 9.54. The van der Waals surface area contributed by atoms with Gasteiger partial charge in [0.1, 0.15) is 5.82 Å². The molecule has 0 aliphatic heterocycles. The molecule has 0 saturated heterocycles. The molecule has 0 aliphatic rings. The molecular formula is C14H14Cl2N2O. The smallest absolute Gasteiger partial charge is 0.132 e. The summed E-state index contributed by atoms with van der Waals surface area (Å²) in [4.78, 5) is 8.65. The van der Waals surface area contributed by atoms with E-state index in [2.05, 4.69) is 9.97 Å². The minimum Gasteiger partial charge on any atom is -0.389 e. The van der Waals surface area contributed by atoms with Crippen molar-refractivity contribution < 1.29 is 5.11 Å². The van der Waals surface area contributed by atoms with Crippen molar-refractivity contribution in [2.24, 2.45) is 0 Å². The summed E-state index contributed by atoms with van der Waals surface area (Å²) in [7, 11) is 0. The highest BCUT2D eigenvalue weighted by atomic mass is 35.5. The molecule has 0 saturated carbocycles. The van der Waals surface area contributed by atoms with Gasteiger partial charge in [0.15, 0.2) is 0 Å². The quantitative estimate of drug-likeness (QED) is 0.938. The fourth-order valence-corrected chi connectivity index (χ4v) is 2.33. The molecule has 1 aromatic heterocycles. The van der Waals surface area contributed by atoms with Crippen LogP contribution in [-0.2, 0) is 6.42 Å². The molecule has 1 atom stereocenters. The summed E-state index contributed by atoms with van der Waals surface area (Å²) in [5, 5.41) is 10.8. The van der Waals surface area contributed by atoms with Crippen molar-refractivity contribution in [2.75, 3.05) is 0 Å². The first-order chi connectivity index (χ1) is 8.97. The molecule has 1 aromatic carbocycles. The lowest BCUT2D eigenvalue weighted by Gasteiger charge is -2.09. The SMILES string of the molecule is Cc1nc(Cc2ccc(Cl)cc2Cl)ncc1C(C)O. The summed E-state index contributed by atoms with van der Waals surface area (Å²) < 4.78 is 0. The van der Waals surface area contributed by atoms with Gasteiger partial charge in [-0.3, -0.25) is 0 Å². The molecule has 1 N–H and O–H groups in total. The van der Waals surface area contributed by atoms with E-state index in [0.717, 1.165) is 16.8 Å². The van der Waals surface area contributed by atoms with Crippen molar-refractivity contribution in [3.05, 3.63) is 57.1 Å². The zero-order valence-corrected chi connectivity index (χ0v) is 12.2. The zero-order chi connectivity index (χ0) is 14.0. The van der Waals surface area contributed by atoms with E-state index < -0.39 is 6.10 Å². The number of nitrogens with zero attached hydrogens (tertiary/aromatic N) is 2. The van der Waals surface area contributed by atoms with Gasteiger partial charge in [0.05, 0.1) is 6.10 Å². The van der Waals surface area contributed by atoms with Crippen LogP contribution >= 0.6 is 23.2 Å². The molecule has 0 fully saturated rings. The van der Waals surface area contributed by atoms with Gasteiger partial charge in [-0.2, -0.15) is 0 Å². The van der Waals surface area contributed by atoms with E-state index in [-0.39, 0.29) is 0 Å². The van der Waals surface area contributed by atoms with Crippen LogP contribution in [0.15, 0.2) is 24.4 Å². The fraction of sp³-hybridized carbons (Fsp3) is 0.286. The normalized spacial score (nSPS) is 12.5. The third-order valence-corrected chi connectivity index (χ3v) is 3.47. The van der Waals surface area contributed by atoms with Gasteiger partial charge in [0.2, 0.25) is 0 Å². The predicted molar refractivity (Wildman–Crippen MR) is 76.7 cm³/mol. The van der Waals surface area contributed by atoms with E-state index in [1.54, 1.807) is 25.3 Å². The summed E-state index contributed by atoms with van der Waals surface area (Å²) in [5.74, 6) is 0.672. The third kappa shape index (κ3) is 3.44. The monoisotopic (exact) mass is 296 g/mol. The van der Waals surface area contributed by atoms with Gasteiger partial charge in [-0.1, -0.05) is 29.3 Å². The van der Waals surface area contributed by atoms with Crippen LogP contribution in [0, 0.1) is 6.92 Å². The highest BCUT2D eigenvalue weighted by molar-refractivity contribution is 6.35. The molecule has 0 radical (unpaired) electrons. The molecule has 5 heteroatoms. The lowest BCUT2D eigenvalue weighted by Crippen LogP contribution is -2.04. The van der Waals surface area contributed by atoms with Gasteiger partial charge in [-0.15, -0.1) is 0 Å². The van der Waals surface area contributed by atoms with Gasteiger partial charge in [0.25, 0.3) is 0 Å². The molecule has 0 spiro atoms. The van der Waals surface area contributed by atoms with Crippen molar-refractivity contribution in [3.63, 3.8) is 0 Å². The number of halogens is 2. The molecule has 1 unspecified atom stereocenters. The van der Waals surface area contributed by atoms with Crippen molar-refractivity contribution >= 4 is 23.2 Å². The first kappa shape index (κ1) is 14.3. The Bertz CT molecular complexity index is 600. The second kappa shape index (κ2) is 5.87. The van der Waals surface area contributed by atoms with Gasteiger partial charge in [0, 0.05) is 33.9 Å². The molecule has 0 aliphatic carbocycles. The van der Waals surface area contributed by atoms with Crippen LogP contribution in [0.3, 0.4) is 0 Å². The van der Waals surface area contributed by atoms with Crippen LogP contribution < -0.4 is 0 Å². The van der Waals surface area contributed by atoms with E-state index in [4.69, 9.17) is 23.2 Å². The maximum absolute atomic E-state index is 9.54. The Morgan fingerprint density at radius 1 is 1.32 bits per heavy atom. The van der Waals surface area contributed by atoms with E-state index in [1.165, 1.54) is 0 Å². The summed E-state index contributed by atoms with van der Waals surface area (Å²) in [6.07, 6.45) is 1.64. The highest BCUT2D eigenvalue weighted by Gasteiger charge is 2.10. The molecule has 3 nitrogen and oxygen atoms in total. The lowest BCUT2D eigenvalue weighted by atomic mass is 10.1. The van der Waals surface area contributed by atoms with Crippen molar-refractivity contribution in [1.29, 1.82) is 0 Å². The molecule has 0 amide bonds. The van der Waals surface area contributed by atoms with Crippen LogP contribution in [0.2, 0.25) is 10.0 Å². The van der Waals surface area contributed by atoms with E-state index >= 15 is 0 Å². The summed E-state index contributed by atoms with van der Waals surface area (Å²) in [5.41, 5.74) is 2.45. The van der Waals surface area contributed by atoms with Gasteiger partial charge in [-0.25, -0.2) is 9.97 Å². The fourth-order valence-electron chi connectivity index (χ4n) is 1.86. The first-order valence-corrected chi connectivity index (χ1v) is 6.67. The standard InChI is InChI=1S/C14H14Cl2N2O/c1-8-12(9(2)19)7-17-14(18-8)5-10-3-4-11(15)6-13(10)16/h3-4,6-7,9,19H,5H2,1-2H3. The Kier molecular flexibility index (Phi) is 4.40. The van der Waals surface area contributed by atoms with E-state index in [1.807, 2.05) is 13.0 Å². The zero-order valence-electron chi connectivity index (χ0n) is 10.7. The van der Waals surface area contributed by atoms with E-state index in [0.29, 0.717) is 22.3 Å². The van der Waals surface area contributed by atoms with Gasteiger partial charge in [-0.05, 0) is 31.5 Å². The molecule has 100 valence electrons. The minimum absolute atomic E-state index is 0.539. The largest absolute Gasteiger partial charge is 0.389 e. The Morgan fingerprint density at radius 2 is 2.05 bits per heavy atom. The number of aryl methyl sites for hydroxylation is 1. The summed E-state index contributed by atoms with van der Waals surface area (Å²) in [6, 6.07) is 5.36. The lowest BCUT2D eigenvalue weighted by molar-refractivity contribution is 0.197. The Labute approximate surface area is 122 Å². The second-order valence-electron chi connectivity index (χ2n) is 4.42. The van der Waals surface area contributed by atoms with Crippen LogP contribution in [0.4, 0.5) is 0 Å². The maximum Gasteiger partial charge on any atom is 0.132 e. The van der Waals surface area contributed by atoms with Crippen molar-refractivity contribution in [1.82, 2.24) is 9.97 Å². The van der Waals surface area contributed by atoms with Gasteiger partial charge >= 0.3 is 0 Å². The first-order valence-electron chi connectivity index (χ1n) is 5.92. The van der Waals surface area contributed by atoms with Crippen molar-refractivity contribution in [3.8, 4) is 0 Å². The number of aromatic nitrogens is 2. The number of hydrogen-bond acceptors (Lipinski definition) is 3. The Balaban J connectivity index is 2.26. The molecule has 0 bridgehead atoms. The second-order valence-corrected chi connectivity index (χ2v) is 5.26. The average molecular weight is 297 g/mol. The molecule has 19 heavy (non-hydrogen) atoms.